The van der Waals surface area contributed by atoms with Gasteiger partial charge in [-0.1, -0.05) is 23.4 Å². The number of carbonyl (C=O) groups excluding carboxylic acids is 1. The summed E-state index contributed by atoms with van der Waals surface area (Å²) in [6.45, 7) is 0.561. The highest BCUT2D eigenvalue weighted by atomic mass is 35.5. The van der Waals surface area contributed by atoms with Gasteiger partial charge in [0, 0.05) is 37.1 Å². The van der Waals surface area contributed by atoms with Gasteiger partial charge in [0.2, 0.25) is 5.91 Å². The molecule has 0 saturated carbocycles. The number of carbonyl (C=O) groups is 1. The number of rotatable bonds is 6. The van der Waals surface area contributed by atoms with E-state index in [1.54, 1.807) is 25.3 Å². The summed E-state index contributed by atoms with van der Waals surface area (Å²) in [6.07, 6.45) is 1.43. The number of amides is 1. The van der Waals surface area contributed by atoms with Gasteiger partial charge < -0.3 is 15.2 Å². The van der Waals surface area contributed by atoms with Crippen LogP contribution in [0.15, 0.2) is 18.2 Å². The summed E-state index contributed by atoms with van der Waals surface area (Å²) in [5, 5.41) is 12.0. The van der Waals surface area contributed by atoms with E-state index < -0.39 is 0 Å². The van der Waals surface area contributed by atoms with Crippen LogP contribution in [0.3, 0.4) is 0 Å². The molecule has 5 heteroatoms. The first-order chi connectivity index (χ1) is 9.67. The molecule has 0 unspecified atom stereocenters. The van der Waals surface area contributed by atoms with Crippen molar-refractivity contribution in [2.45, 2.75) is 19.3 Å². The molecule has 0 aromatic heterocycles. The molecule has 1 rings (SSSR count). The number of hydrogen-bond donors (Lipinski definition) is 2. The van der Waals surface area contributed by atoms with E-state index in [4.69, 9.17) is 21.4 Å². The van der Waals surface area contributed by atoms with Crippen LogP contribution in [0, 0.1) is 11.8 Å². The predicted molar refractivity (Wildman–Crippen MR) is 79.8 cm³/mol. The van der Waals surface area contributed by atoms with Crippen LogP contribution in [0.1, 0.15) is 24.8 Å². The summed E-state index contributed by atoms with van der Waals surface area (Å²) in [5.41, 5.74) is 1.27. The highest BCUT2D eigenvalue weighted by Crippen LogP contribution is 2.20. The Kier molecular flexibility index (Phi) is 7.74. The van der Waals surface area contributed by atoms with Crippen molar-refractivity contribution in [3.05, 3.63) is 28.8 Å². The molecular formula is C15H18ClNO3. The van der Waals surface area contributed by atoms with Crippen molar-refractivity contribution >= 4 is 23.2 Å². The zero-order valence-corrected chi connectivity index (χ0v) is 12.2. The Morgan fingerprint density at radius 1 is 1.50 bits per heavy atom. The molecule has 1 amide bonds. The zero-order chi connectivity index (χ0) is 14.8. The van der Waals surface area contributed by atoms with E-state index in [1.165, 1.54) is 0 Å². The van der Waals surface area contributed by atoms with Crippen molar-refractivity contribution in [1.29, 1.82) is 0 Å². The minimum Gasteiger partial charge on any atom is -0.395 e. The molecule has 0 aliphatic heterocycles. The van der Waals surface area contributed by atoms with E-state index >= 15 is 0 Å². The molecule has 0 heterocycles. The molecule has 108 valence electrons. The van der Waals surface area contributed by atoms with Crippen molar-refractivity contribution in [1.82, 2.24) is 0 Å². The molecule has 1 aromatic carbocycles. The Balaban J connectivity index is 2.74. The number of halogens is 1. The third kappa shape index (κ3) is 6.07. The normalized spacial score (nSPS) is 9.75. The van der Waals surface area contributed by atoms with Gasteiger partial charge in [0.1, 0.15) is 0 Å². The van der Waals surface area contributed by atoms with Gasteiger partial charge >= 0.3 is 0 Å². The number of benzene rings is 1. The van der Waals surface area contributed by atoms with Gasteiger partial charge in [-0.3, -0.25) is 4.79 Å². The Hall–Kier alpha value is -1.54. The molecule has 0 aliphatic rings. The first-order valence-corrected chi connectivity index (χ1v) is 6.73. The fourth-order valence-electron chi connectivity index (χ4n) is 1.53. The van der Waals surface area contributed by atoms with Gasteiger partial charge in [-0.25, -0.2) is 0 Å². The fraction of sp³-hybridized carbons (Fsp3) is 0.400. The van der Waals surface area contributed by atoms with Gasteiger partial charge in [0.25, 0.3) is 0 Å². The molecular weight excluding hydrogens is 278 g/mol. The second-order valence-corrected chi connectivity index (χ2v) is 4.55. The standard InChI is InChI=1S/C15H18ClNO3/c1-20-10-4-6-15(19)17-14-11-13(16)8-7-12(14)5-2-3-9-18/h7-8,11,18H,3-4,6,9-10H2,1H3,(H,17,19). The van der Waals surface area contributed by atoms with Gasteiger partial charge in [0.05, 0.1) is 12.3 Å². The maximum atomic E-state index is 11.8. The molecule has 0 fully saturated rings. The van der Waals surface area contributed by atoms with Crippen LogP contribution in [0.5, 0.6) is 0 Å². The lowest BCUT2D eigenvalue weighted by Gasteiger charge is -2.08. The molecule has 1 aromatic rings. The molecule has 0 radical (unpaired) electrons. The van der Waals surface area contributed by atoms with Crippen molar-refractivity contribution in [3.63, 3.8) is 0 Å². The number of hydrogen-bond acceptors (Lipinski definition) is 3. The van der Waals surface area contributed by atoms with E-state index in [0.717, 1.165) is 0 Å². The second kappa shape index (κ2) is 9.38. The van der Waals surface area contributed by atoms with Crippen LogP contribution >= 0.6 is 11.6 Å². The van der Waals surface area contributed by atoms with Crippen LogP contribution in [-0.4, -0.2) is 31.3 Å². The highest BCUT2D eigenvalue weighted by molar-refractivity contribution is 6.31. The maximum Gasteiger partial charge on any atom is 0.224 e. The Morgan fingerprint density at radius 2 is 2.30 bits per heavy atom. The van der Waals surface area contributed by atoms with E-state index in [-0.39, 0.29) is 12.5 Å². The molecule has 2 N–H and O–H groups in total. The van der Waals surface area contributed by atoms with E-state index in [9.17, 15) is 4.79 Å². The van der Waals surface area contributed by atoms with Gasteiger partial charge in [-0.2, -0.15) is 0 Å². The second-order valence-electron chi connectivity index (χ2n) is 4.11. The average Bonchev–Trinajstić information content (AvgIpc) is 2.42. The number of methoxy groups -OCH3 is 1. The lowest BCUT2D eigenvalue weighted by atomic mass is 10.1. The van der Waals surface area contributed by atoms with E-state index in [0.29, 0.717) is 42.1 Å². The summed E-state index contributed by atoms with van der Waals surface area (Å²) in [7, 11) is 1.60. The largest absolute Gasteiger partial charge is 0.395 e. The van der Waals surface area contributed by atoms with Gasteiger partial charge in [-0.15, -0.1) is 0 Å². The number of aliphatic hydroxyl groups is 1. The first kappa shape index (κ1) is 16.5. The fourth-order valence-corrected chi connectivity index (χ4v) is 1.70. The average molecular weight is 296 g/mol. The summed E-state index contributed by atoms with van der Waals surface area (Å²) < 4.78 is 4.90. The predicted octanol–water partition coefficient (Wildman–Crippen LogP) is 2.44. The van der Waals surface area contributed by atoms with Crippen molar-refractivity contribution in [2.75, 3.05) is 25.6 Å². The first-order valence-electron chi connectivity index (χ1n) is 6.35. The van der Waals surface area contributed by atoms with Crippen LogP contribution in [-0.2, 0) is 9.53 Å². The minimum absolute atomic E-state index is 0.0132. The lowest BCUT2D eigenvalue weighted by molar-refractivity contribution is -0.116. The quantitative estimate of drug-likeness (QED) is 0.626. The molecule has 0 spiro atoms. The third-order valence-corrected chi connectivity index (χ3v) is 2.70. The minimum atomic E-state index is -0.102. The smallest absolute Gasteiger partial charge is 0.224 e. The molecule has 20 heavy (non-hydrogen) atoms. The Morgan fingerprint density at radius 3 is 3.00 bits per heavy atom. The van der Waals surface area contributed by atoms with Crippen molar-refractivity contribution < 1.29 is 14.6 Å². The number of nitrogens with one attached hydrogen (secondary N) is 1. The summed E-state index contributed by atoms with van der Waals surface area (Å²) in [6, 6.07) is 5.13. The number of ether oxygens (including phenoxy) is 1. The summed E-state index contributed by atoms with van der Waals surface area (Å²) >= 11 is 5.93. The van der Waals surface area contributed by atoms with Crippen LogP contribution in [0.4, 0.5) is 5.69 Å². The molecule has 0 bridgehead atoms. The highest BCUT2D eigenvalue weighted by Gasteiger charge is 2.06. The zero-order valence-electron chi connectivity index (χ0n) is 11.4. The number of anilines is 1. The monoisotopic (exact) mass is 295 g/mol. The SMILES string of the molecule is COCCCC(=O)Nc1cc(Cl)ccc1C#CCCO. The third-order valence-electron chi connectivity index (χ3n) is 2.47. The van der Waals surface area contributed by atoms with E-state index in [2.05, 4.69) is 17.2 Å². The Labute approximate surface area is 124 Å². The Bertz CT molecular complexity index is 506. The summed E-state index contributed by atoms with van der Waals surface area (Å²) in [5.74, 6) is 5.63. The van der Waals surface area contributed by atoms with Crippen molar-refractivity contribution in [2.24, 2.45) is 0 Å². The topological polar surface area (TPSA) is 58.6 Å². The molecule has 0 aliphatic carbocycles. The molecule has 0 atom stereocenters. The molecule has 0 saturated heterocycles. The van der Waals surface area contributed by atoms with Gasteiger partial charge in [-0.05, 0) is 24.6 Å². The van der Waals surface area contributed by atoms with Gasteiger partial charge in [0.15, 0.2) is 0 Å². The van der Waals surface area contributed by atoms with Crippen LogP contribution in [0.2, 0.25) is 5.02 Å². The lowest BCUT2D eigenvalue weighted by Crippen LogP contribution is -2.13. The number of aliphatic hydroxyl groups excluding tert-OH is 1. The summed E-state index contributed by atoms with van der Waals surface area (Å²) in [4.78, 5) is 11.8. The molecule has 4 nitrogen and oxygen atoms in total. The van der Waals surface area contributed by atoms with E-state index in [1.807, 2.05) is 0 Å². The van der Waals surface area contributed by atoms with Crippen molar-refractivity contribution in [3.8, 4) is 11.8 Å². The van der Waals surface area contributed by atoms with Crippen LogP contribution in [0.25, 0.3) is 0 Å². The maximum absolute atomic E-state index is 11.8. The van der Waals surface area contributed by atoms with Crippen LogP contribution < -0.4 is 5.32 Å².